The zero-order valence-corrected chi connectivity index (χ0v) is 13.1. The Balaban J connectivity index is 3.38. The molecule has 9 heteroatoms. The van der Waals surface area contributed by atoms with Gasteiger partial charge in [0.1, 0.15) is 5.69 Å². The summed E-state index contributed by atoms with van der Waals surface area (Å²) < 4.78 is 26.5. The second kappa shape index (κ2) is 6.83. The molecule has 118 valence electrons. The molecular weight excluding hydrogens is 296 g/mol. The van der Waals surface area contributed by atoms with Crippen molar-refractivity contribution in [2.45, 2.75) is 38.1 Å². The van der Waals surface area contributed by atoms with Crippen LogP contribution in [0.15, 0.2) is 23.1 Å². The van der Waals surface area contributed by atoms with Gasteiger partial charge in [-0.2, -0.15) is 4.31 Å². The fourth-order valence-corrected chi connectivity index (χ4v) is 3.74. The summed E-state index contributed by atoms with van der Waals surface area (Å²) in [6.07, 6.45) is 0.650. The molecule has 1 aromatic rings. The maximum Gasteiger partial charge on any atom is 0.294 e. The van der Waals surface area contributed by atoms with E-state index in [9.17, 15) is 18.5 Å². The van der Waals surface area contributed by atoms with Crippen molar-refractivity contribution in [2.75, 3.05) is 12.0 Å². The Kier molecular flexibility index (Phi) is 5.64. The third kappa shape index (κ3) is 3.49. The highest BCUT2D eigenvalue weighted by Gasteiger charge is 2.29. The van der Waals surface area contributed by atoms with E-state index < -0.39 is 14.9 Å². The molecule has 0 amide bonds. The van der Waals surface area contributed by atoms with Crippen molar-refractivity contribution in [1.29, 1.82) is 0 Å². The van der Waals surface area contributed by atoms with E-state index >= 15 is 0 Å². The lowest BCUT2D eigenvalue weighted by Crippen LogP contribution is -2.38. The van der Waals surface area contributed by atoms with E-state index in [2.05, 4.69) is 5.43 Å². The minimum atomic E-state index is -3.78. The van der Waals surface area contributed by atoms with Gasteiger partial charge in [-0.25, -0.2) is 8.42 Å². The number of nitro groups is 1. The lowest BCUT2D eigenvalue weighted by Gasteiger charge is -2.26. The first-order valence-corrected chi connectivity index (χ1v) is 8.00. The van der Waals surface area contributed by atoms with Crippen LogP contribution in [0.3, 0.4) is 0 Å². The molecule has 21 heavy (non-hydrogen) atoms. The average molecular weight is 316 g/mol. The molecule has 1 atom stereocenters. The number of nitrogen functional groups attached to an aromatic ring is 1. The van der Waals surface area contributed by atoms with Gasteiger partial charge in [0.15, 0.2) is 0 Å². The Hall–Kier alpha value is -1.71. The smallest absolute Gasteiger partial charge is 0.294 e. The molecule has 0 aliphatic carbocycles. The van der Waals surface area contributed by atoms with E-state index in [1.54, 1.807) is 13.8 Å². The predicted octanol–water partition coefficient (Wildman–Crippen LogP) is 1.69. The van der Waals surface area contributed by atoms with Gasteiger partial charge in [0.25, 0.3) is 5.69 Å². The number of nitrogens with zero attached hydrogens (tertiary/aromatic N) is 2. The first kappa shape index (κ1) is 17.3. The van der Waals surface area contributed by atoms with E-state index in [-0.39, 0.29) is 22.3 Å². The van der Waals surface area contributed by atoms with Gasteiger partial charge in [-0.1, -0.05) is 13.8 Å². The van der Waals surface area contributed by atoms with Crippen LogP contribution < -0.4 is 11.3 Å². The quantitative estimate of drug-likeness (QED) is 0.449. The van der Waals surface area contributed by atoms with Crippen LogP contribution in [0.1, 0.15) is 27.2 Å². The number of nitrogens with one attached hydrogen (secondary N) is 1. The molecule has 0 heterocycles. The molecule has 0 aliphatic heterocycles. The highest BCUT2D eigenvalue weighted by Crippen LogP contribution is 2.29. The van der Waals surface area contributed by atoms with Crippen molar-refractivity contribution in [1.82, 2.24) is 4.31 Å². The van der Waals surface area contributed by atoms with E-state index in [0.29, 0.717) is 13.0 Å². The van der Waals surface area contributed by atoms with Crippen molar-refractivity contribution >= 4 is 21.4 Å². The molecule has 1 unspecified atom stereocenters. The highest BCUT2D eigenvalue weighted by molar-refractivity contribution is 7.89. The maximum atomic E-state index is 12.6. The second-order valence-electron chi connectivity index (χ2n) is 4.55. The van der Waals surface area contributed by atoms with Gasteiger partial charge in [-0.15, -0.1) is 0 Å². The van der Waals surface area contributed by atoms with E-state index in [1.165, 1.54) is 16.4 Å². The summed E-state index contributed by atoms with van der Waals surface area (Å²) in [5, 5.41) is 11.0. The number of hydrogen-bond donors (Lipinski definition) is 2. The molecule has 0 fully saturated rings. The number of sulfonamides is 1. The monoisotopic (exact) mass is 316 g/mol. The molecule has 1 rings (SSSR count). The van der Waals surface area contributed by atoms with Crippen LogP contribution >= 0.6 is 0 Å². The fraction of sp³-hybridized carbons (Fsp3) is 0.500. The van der Waals surface area contributed by atoms with Crippen LogP contribution in [0.5, 0.6) is 0 Å². The number of rotatable bonds is 7. The minimum absolute atomic E-state index is 0.0607. The van der Waals surface area contributed by atoms with Crippen molar-refractivity contribution < 1.29 is 13.3 Å². The van der Waals surface area contributed by atoms with Crippen molar-refractivity contribution in [3.8, 4) is 0 Å². The first-order chi connectivity index (χ1) is 9.79. The summed E-state index contributed by atoms with van der Waals surface area (Å²) in [7, 11) is -3.78. The highest BCUT2D eigenvalue weighted by atomic mass is 32.2. The molecule has 0 saturated heterocycles. The summed E-state index contributed by atoms with van der Waals surface area (Å²) in [6.45, 7) is 5.70. The molecule has 1 aromatic carbocycles. The van der Waals surface area contributed by atoms with E-state index in [0.717, 1.165) is 6.07 Å². The molecular formula is C12H20N4O4S. The van der Waals surface area contributed by atoms with Gasteiger partial charge in [-0.05, 0) is 25.5 Å². The summed E-state index contributed by atoms with van der Waals surface area (Å²) in [4.78, 5) is 10.2. The fourth-order valence-electron chi connectivity index (χ4n) is 2.00. The van der Waals surface area contributed by atoms with Gasteiger partial charge in [0, 0.05) is 18.7 Å². The summed E-state index contributed by atoms with van der Waals surface area (Å²) in [6, 6.07) is 3.43. The van der Waals surface area contributed by atoms with Crippen LogP contribution in [-0.4, -0.2) is 30.2 Å². The zero-order chi connectivity index (χ0) is 16.2. The molecule has 3 N–H and O–H groups in total. The van der Waals surface area contributed by atoms with Crippen LogP contribution in [0.4, 0.5) is 11.4 Å². The van der Waals surface area contributed by atoms with Gasteiger partial charge in [0.05, 0.1) is 9.82 Å². The number of anilines is 1. The summed E-state index contributed by atoms with van der Waals surface area (Å²) >= 11 is 0. The van der Waals surface area contributed by atoms with Crippen molar-refractivity contribution in [2.24, 2.45) is 5.84 Å². The number of nitrogens with two attached hydrogens (primary N) is 1. The van der Waals surface area contributed by atoms with Crippen LogP contribution in [0.2, 0.25) is 0 Å². The zero-order valence-electron chi connectivity index (χ0n) is 12.2. The third-order valence-corrected chi connectivity index (χ3v) is 5.41. The van der Waals surface area contributed by atoms with Gasteiger partial charge < -0.3 is 5.43 Å². The Morgan fingerprint density at radius 3 is 2.48 bits per heavy atom. The number of hydrazine groups is 1. The van der Waals surface area contributed by atoms with Crippen molar-refractivity contribution in [3.05, 3.63) is 28.3 Å². The average Bonchev–Trinajstić information content (AvgIpc) is 2.46. The standard InChI is InChI=1S/C12H20N4O4S/c1-4-9(3)15(5-2)21(19,20)10-6-7-11(14-13)12(8-10)16(17)18/h6-9,14H,4-5,13H2,1-3H3. The van der Waals surface area contributed by atoms with Gasteiger partial charge >= 0.3 is 0 Å². The summed E-state index contributed by atoms with van der Waals surface area (Å²) in [5.74, 6) is 5.19. The predicted molar refractivity (Wildman–Crippen MR) is 80.2 cm³/mol. The molecule has 0 aromatic heterocycles. The Morgan fingerprint density at radius 1 is 1.43 bits per heavy atom. The van der Waals surface area contributed by atoms with Crippen LogP contribution in [0.25, 0.3) is 0 Å². The summed E-state index contributed by atoms with van der Waals surface area (Å²) in [5.41, 5.74) is 1.87. The van der Waals surface area contributed by atoms with Crippen molar-refractivity contribution in [3.63, 3.8) is 0 Å². The normalized spacial score (nSPS) is 13.2. The molecule has 0 spiro atoms. The lowest BCUT2D eigenvalue weighted by atomic mass is 10.3. The van der Waals surface area contributed by atoms with Crippen LogP contribution in [0, 0.1) is 10.1 Å². The third-order valence-electron chi connectivity index (χ3n) is 3.32. The number of nitro benzene ring substituents is 1. The largest absolute Gasteiger partial charge is 0.318 e. The second-order valence-corrected chi connectivity index (χ2v) is 6.44. The minimum Gasteiger partial charge on any atom is -0.318 e. The lowest BCUT2D eigenvalue weighted by molar-refractivity contribution is -0.384. The first-order valence-electron chi connectivity index (χ1n) is 6.56. The molecule has 8 nitrogen and oxygen atoms in total. The molecule has 0 bridgehead atoms. The molecule has 0 radical (unpaired) electrons. The van der Waals surface area contributed by atoms with Gasteiger partial charge in [0.2, 0.25) is 10.0 Å². The Morgan fingerprint density at radius 2 is 2.05 bits per heavy atom. The maximum absolute atomic E-state index is 12.6. The number of benzene rings is 1. The molecule has 0 saturated carbocycles. The Labute approximate surface area is 124 Å². The SMILES string of the molecule is CCC(C)N(CC)S(=O)(=O)c1ccc(NN)c([N+](=O)[O-])c1. The Bertz CT molecular complexity index is 618. The van der Waals surface area contributed by atoms with Gasteiger partial charge in [-0.3, -0.25) is 16.0 Å². The van der Waals surface area contributed by atoms with E-state index in [4.69, 9.17) is 5.84 Å². The van der Waals surface area contributed by atoms with Crippen LogP contribution in [-0.2, 0) is 10.0 Å². The topological polar surface area (TPSA) is 119 Å². The van der Waals surface area contributed by atoms with E-state index in [1.807, 2.05) is 6.92 Å². The molecule has 0 aliphatic rings. The number of hydrogen-bond acceptors (Lipinski definition) is 6.